The number of hydrogen-bond acceptors (Lipinski definition) is 5. The fraction of sp³-hybridized carbons (Fsp3) is 0.889. The maximum absolute atomic E-state index is 12.7. The molecular formula is C18H32N6O. The van der Waals surface area contributed by atoms with E-state index in [9.17, 15) is 4.79 Å². The van der Waals surface area contributed by atoms with Gasteiger partial charge < -0.3 is 4.90 Å². The molecule has 1 amide bonds. The van der Waals surface area contributed by atoms with Gasteiger partial charge >= 0.3 is 0 Å². The lowest BCUT2D eigenvalue weighted by Gasteiger charge is -2.46. The highest BCUT2D eigenvalue weighted by molar-refractivity contribution is 5.76. The first kappa shape index (κ1) is 18.3. The number of piperidine rings is 1. The van der Waals surface area contributed by atoms with Crippen LogP contribution in [0.1, 0.15) is 70.7 Å². The molecule has 1 saturated heterocycles. The molecule has 2 fully saturated rings. The molecule has 2 aliphatic rings. The number of amides is 1. The maximum atomic E-state index is 12.7. The smallest absolute Gasteiger partial charge is 0.222 e. The molecule has 1 aliphatic heterocycles. The summed E-state index contributed by atoms with van der Waals surface area (Å²) in [7, 11) is 4.17. The standard InChI is InChI=1S/C18H32N6O/c1-14(2)12-16(25)23-11-7-10-18(13-23,22(3)4)17-19-20-21-24(17)15-8-5-6-9-15/h14-15H,5-13H2,1-4H3. The van der Waals surface area contributed by atoms with Crippen molar-refractivity contribution in [3.63, 3.8) is 0 Å². The van der Waals surface area contributed by atoms with Gasteiger partial charge in [0.25, 0.3) is 0 Å². The molecule has 0 aromatic carbocycles. The molecule has 0 N–H and O–H groups in total. The molecule has 0 spiro atoms. The molecule has 0 radical (unpaired) electrons. The Morgan fingerprint density at radius 2 is 2.00 bits per heavy atom. The van der Waals surface area contributed by atoms with Gasteiger partial charge in [0.2, 0.25) is 5.91 Å². The molecule has 25 heavy (non-hydrogen) atoms. The van der Waals surface area contributed by atoms with Gasteiger partial charge in [-0.2, -0.15) is 0 Å². The van der Waals surface area contributed by atoms with Crippen molar-refractivity contribution < 1.29 is 4.79 Å². The average molecular weight is 348 g/mol. The first-order chi connectivity index (χ1) is 11.9. The molecule has 1 aliphatic carbocycles. The van der Waals surface area contributed by atoms with Crippen molar-refractivity contribution in [3.8, 4) is 0 Å². The van der Waals surface area contributed by atoms with Crippen LogP contribution in [0.2, 0.25) is 0 Å². The molecule has 140 valence electrons. The zero-order valence-electron chi connectivity index (χ0n) is 16.1. The Morgan fingerprint density at radius 3 is 2.64 bits per heavy atom. The number of nitrogens with zero attached hydrogens (tertiary/aromatic N) is 6. The van der Waals surface area contributed by atoms with E-state index < -0.39 is 0 Å². The molecule has 1 unspecified atom stereocenters. The summed E-state index contributed by atoms with van der Waals surface area (Å²) in [6.45, 7) is 5.72. The van der Waals surface area contributed by atoms with Crippen LogP contribution in [0.5, 0.6) is 0 Å². The maximum Gasteiger partial charge on any atom is 0.222 e. The van der Waals surface area contributed by atoms with Gasteiger partial charge in [0, 0.05) is 19.5 Å². The molecule has 1 aromatic rings. The Hall–Kier alpha value is -1.50. The minimum atomic E-state index is -0.295. The third-order valence-electron chi connectivity index (χ3n) is 5.84. The second kappa shape index (κ2) is 7.40. The molecule has 7 nitrogen and oxygen atoms in total. The summed E-state index contributed by atoms with van der Waals surface area (Å²) in [6, 6.07) is 0.406. The van der Waals surface area contributed by atoms with Gasteiger partial charge in [-0.15, -0.1) is 5.10 Å². The van der Waals surface area contributed by atoms with Crippen molar-refractivity contribution in [2.75, 3.05) is 27.2 Å². The lowest BCUT2D eigenvalue weighted by molar-refractivity contribution is -0.136. The number of likely N-dealkylation sites (tertiary alicyclic amines) is 1. The van der Waals surface area contributed by atoms with E-state index in [1.54, 1.807) is 0 Å². The zero-order valence-corrected chi connectivity index (χ0v) is 16.1. The summed E-state index contributed by atoms with van der Waals surface area (Å²) in [6.07, 6.45) is 7.38. The SMILES string of the molecule is CC(C)CC(=O)N1CCCC(c2nnnn2C2CCCC2)(N(C)C)C1. The number of aromatic nitrogens is 4. The van der Waals surface area contributed by atoms with Crippen LogP contribution in [-0.2, 0) is 10.3 Å². The lowest BCUT2D eigenvalue weighted by Crippen LogP contribution is -2.56. The predicted octanol–water partition coefficient (Wildman–Crippen LogP) is 2.21. The molecule has 1 atom stereocenters. The zero-order chi connectivity index (χ0) is 18.0. The summed E-state index contributed by atoms with van der Waals surface area (Å²) in [5.74, 6) is 1.57. The Labute approximate surface area is 150 Å². The second-order valence-corrected chi connectivity index (χ2v) is 8.33. The van der Waals surface area contributed by atoms with Crippen LogP contribution in [-0.4, -0.2) is 63.1 Å². The minimum Gasteiger partial charge on any atom is -0.340 e. The lowest BCUT2D eigenvalue weighted by atomic mass is 9.86. The number of carbonyl (C=O) groups excluding carboxylic acids is 1. The van der Waals surface area contributed by atoms with E-state index >= 15 is 0 Å². The van der Waals surface area contributed by atoms with E-state index in [0.717, 1.165) is 38.1 Å². The summed E-state index contributed by atoms with van der Waals surface area (Å²) < 4.78 is 2.06. The fourth-order valence-corrected chi connectivity index (χ4v) is 4.37. The van der Waals surface area contributed by atoms with Gasteiger partial charge in [-0.3, -0.25) is 9.69 Å². The highest BCUT2D eigenvalue weighted by atomic mass is 16.2. The normalized spacial score (nSPS) is 25.3. The summed E-state index contributed by atoms with van der Waals surface area (Å²) in [4.78, 5) is 16.9. The number of carbonyl (C=O) groups is 1. The van der Waals surface area contributed by atoms with Gasteiger partial charge in [-0.25, -0.2) is 4.68 Å². The van der Waals surface area contributed by atoms with Crippen LogP contribution in [0, 0.1) is 5.92 Å². The number of tetrazole rings is 1. The van der Waals surface area contributed by atoms with Crippen LogP contribution in [0.3, 0.4) is 0 Å². The van der Waals surface area contributed by atoms with Crippen molar-refractivity contribution >= 4 is 5.91 Å². The van der Waals surface area contributed by atoms with Gasteiger partial charge in [0.05, 0.1) is 6.04 Å². The van der Waals surface area contributed by atoms with Crippen molar-refractivity contribution in [2.45, 2.75) is 70.4 Å². The van der Waals surface area contributed by atoms with E-state index in [2.05, 4.69) is 53.0 Å². The highest BCUT2D eigenvalue weighted by Crippen LogP contribution is 2.38. The Balaban J connectivity index is 1.89. The molecule has 2 heterocycles. The molecule has 1 aromatic heterocycles. The monoisotopic (exact) mass is 348 g/mol. The predicted molar refractivity (Wildman–Crippen MR) is 96.0 cm³/mol. The third-order valence-corrected chi connectivity index (χ3v) is 5.84. The van der Waals surface area contributed by atoms with E-state index in [1.165, 1.54) is 12.8 Å². The van der Waals surface area contributed by atoms with Crippen LogP contribution >= 0.6 is 0 Å². The Kier molecular flexibility index (Phi) is 5.41. The quantitative estimate of drug-likeness (QED) is 0.816. The molecular weight excluding hydrogens is 316 g/mol. The van der Waals surface area contributed by atoms with Crippen LogP contribution < -0.4 is 0 Å². The average Bonchev–Trinajstić information content (AvgIpc) is 3.25. The Morgan fingerprint density at radius 1 is 1.28 bits per heavy atom. The number of likely N-dealkylation sites (N-methyl/N-ethyl adjacent to an activating group) is 1. The van der Waals surface area contributed by atoms with E-state index in [4.69, 9.17) is 0 Å². The Bertz CT molecular complexity index is 592. The first-order valence-electron chi connectivity index (χ1n) is 9.67. The first-order valence-corrected chi connectivity index (χ1v) is 9.67. The third kappa shape index (κ3) is 3.57. The largest absolute Gasteiger partial charge is 0.340 e. The highest BCUT2D eigenvalue weighted by Gasteiger charge is 2.45. The summed E-state index contributed by atoms with van der Waals surface area (Å²) in [5, 5.41) is 12.8. The second-order valence-electron chi connectivity index (χ2n) is 8.33. The van der Waals surface area contributed by atoms with Crippen molar-refractivity contribution in [3.05, 3.63) is 5.82 Å². The fourth-order valence-electron chi connectivity index (χ4n) is 4.37. The molecule has 0 bridgehead atoms. The van der Waals surface area contributed by atoms with E-state index in [0.29, 0.717) is 24.9 Å². The topological polar surface area (TPSA) is 67.2 Å². The van der Waals surface area contributed by atoms with Crippen LogP contribution in [0.25, 0.3) is 0 Å². The van der Waals surface area contributed by atoms with Crippen molar-refractivity contribution in [1.82, 2.24) is 30.0 Å². The molecule has 1 saturated carbocycles. The van der Waals surface area contributed by atoms with Crippen LogP contribution in [0.4, 0.5) is 0 Å². The molecule has 7 heteroatoms. The minimum absolute atomic E-state index is 0.251. The number of hydrogen-bond donors (Lipinski definition) is 0. The number of rotatable bonds is 5. The van der Waals surface area contributed by atoms with Crippen molar-refractivity contribution in [2.24, 2.45) is 5.92 Å². The van der Waals surface area contributed by atoms with Crippen molar-refractivity contribution in [1.29, 1.82) is 0 Å². The summed E-state index contributed by atoms with van der Waals surface area (Å²) >= 11 is 0. The van der Waals surface area contributed by atoms with Gasteiger partial charge in [-0.05, 0) is 56.1 Å². The van der Waals surface area contributed by atoms with Gasteiger partial charge in [0.1, 0.15) is 5.54 Å². The van der Waals surface area contributed by atoms with E-state index in [1.807, 2.05) is 4.90 Å². The van der Waals surface area contributed by atoms with E-state index in [-0.39, 0.29) is 11.4 Å². The van der Waals surface area contributed by atoms with Crippen LogP contribution in [0.15, 0.2) is 0 Å². The molecule has 3 rings (SSSR count). The summed E-state index contributed by atoms with van der Waals surface area (Å²) in [5.41, 5.74) is -0.295. The van der Waals surface area contributed by atoms with Gasteiger partial charge in [0.15, 0.2) is 5.82 Å². The van der Waals surface area contributed by atoms with Gasteiger partial charge in [-0.1, -0.05) is 26.7 Å².